The van der Waals surface area contributed by atoms with Crippen molar-refractivity contribution in [3.63, 3.8) is 0 Å². The molecule has 100 valence electrons. The molecule has 3 N–H and O–H groups in total. The molecular formula is C12H15N5O2. The molecule has 7 heteroatoms. The van der Waals surface area contributed by atoms with Crippen LogP contribution in [-0.2, 0) is 0 Å². The number of rotatable bonds is 2. The number of nitrogens with zero attached hydrogens (tertiary/aromatic N) is 3. The Kier molecular flexibility index (Phi) is 2.94. The van der Waals surface area contributed by atoms with Gasteiger partial charge in [0.1, 0.15) is 17.8 Å². The number of aromatic nitrogens is 3. The summed E-state index contributed by atoms with van der Waals surface area (Å²) >= 11 is 0. The van der Waals surface area contributed by atoms with Crippen molar-refractivity contribution in [2.75, 3.05) is 18.0 Å². The molecule has 1 aliphatic heterocycles. The maximum Gasteiger partial charge on any atom is 0.404 e. The molecule has 0 aromatic carbocycles. The van der Waals surface area contributed by atoms with Gasteiger partial charge in [0.2, 0.25) is 0 Å². The van der Waals surface area contributed by atoms with Crippen LogP contribution in [0.15, 0.2) is 18.6 Å². The van der Waals surface area contributed by atoms with Gasteiger partial charge in [0.25, 0.3) is 0 Å². The number of fused-ring (bicyclic) bond motifs is 1. The van der Waals surface area contributed by atoms with Gasteiger partial charge in [-0.15, -0.1) is 0 Å². The van der Waals surface area contributed by atoms with Crippen LogP contribution in [-0.4, -0.2) is 45.3 Å². The van der Waals surface area contributed by atoms with Crippen molar-refractivity contribution in [3.05, 3.63) is 18.6 Å². The predicted octanol–water partition coefficient (Wildman–Crippen LogP) is 1.19. The normalized spacial score (nSPS) is 16.7. The van der Waals surface area contributed by atoms with Gasteiger partial charge in [0, 0.05) is 25.3 Å². The number of carbonyl (C=O) groups is 1. The summed E-state index contributed by atoms with van der Waals surface area (Å²) in [4.78, 5) is 24.4. The van der Waals surface area contributed by atoms with Crippen molar-refractivity contribution in [2.45, 2.75) is 18.9 Å². The first-order valence-corrected chi connectivity index (χ1v) is 6.26. The average molecular weight is 261 g/mol. The first-order chi connectivity index (χ1) is 9.24. The van der Waals surface area contributed by atoms with E-state index in [1.165, 1.54) is 0 Å². The van der Waals surface area contributed by atoms with E-state index in [4.69, 9.17) is 5.11 Å². The first-order valence-electron chi connectivity index (χ1n) is 6.26. The van der Waals surface area contributed by atoms with Crippen LogP contribution in [0.5, 0.6) is 0 Å². The van der Waals surface area contributed by atoms with Gasteiger partial charge < -0.3 is 20.3 Å². The SMILES string of the molecule is O=C(O)NC1CCN(c2ncnc3[nH]ccc23)CC1. The van der Waals surface area contributed by atoms with Crippen LogP contribution in [0.2, 0.25) is 0 Å². The van der Waals surface area contributed by atoms with Gasteiger partial charge in [-0.05, 0) is 18.9 Å². The molecule has 7 nitrogen and oxygen atoms in total. The number of nitrogens with one attached hydrogen (secondary N) is 2. The quantitative estimate of drug-likeness (QED) is 0.755. The van der Waals surface area contributed by atoms with E-state index in [-0.39, 0.29) is 6.04 Å². The summed E-state index contributed by atoms with van der Waals surface area (Å²) in [6, 6.07) is 2.00. The van der Waals surface area contributed by atoms with E-state index in [1.54, 1.807) is 6.33 Å². The Morgan fingerprint density at radius 1 is 1.42 bits per heavy atom. The first kappa shape index (κ1) is 11.8. The molecule has 3 heterocycles. The zero-order valence-corrected chi connectivity index (χ0v) is 10.3. The van der Waals surface area contributed by atoms with Crippen LogP contribution in [0.4, 0.5) is 10.6 Å². The lowest BCUT2D eigenvalue weighted by Crippen LogP contribution is -2.44. The molecule has 0 unspecified atom stereocenters. The Morgan fingerprint density at radius 3 is 2.95 bits per heavy atom. The van der Waals surface area contributed by atoms with Gasteiger partial charge in [-0.3, -0.25) is 0 Å². The fourth-order valence-electron chi connectivity index (χ4n) is 2.52. The molecular weight excluding hydrogens is 246 g/mol. The van der Waals surface area contributed by atoms with Crippen LogP contribution in [0.25, 0.3) is 11.0 Å². The van der Waals surface area contributed by atoms with E-state index in [0.717, 1.165) is 42.8 Å². The van der Waals surface area contributed by atoms with Gasteiger partial charge in [-0.25, -0.2) is 14.8 Å². The lowest BCUT2D eigenvalue weighted by molar-refractivity contribution is 0.187. The Hall–Kier alpha value is -2.31. The van der Waals surface area contributed by atoms with Crippen molar-refractivity contribution in [2.24, 2.45) is 0 Å². The Balaban J connectivity index is 1.75. The number of hydrogen-bond donors (Lipinski definition) is 3. The molecule has 0 atom stereocenters. The van der Waals surface area contributed by atoms with Crippen LogP contribution < -0.4 is 10.2 Å². The molecule has 1 fully saturated rings. The lowest BCUT2D eigenvalue weighted by atomic mass is 10.1. The van der Waals surface area contributed by atoms with Crippen LogP contribution in [0.1, 0.15) is 12.8 Å². The molecule has 19 heavy (non-hydrogen) atoms. The van der Waals surface area contributed by atoms with Crippen LogP contribution in [0, 0.1) is 0 Å². The third kappa shape index (κ3) is 2.31. The minimum absolute atomic E-state index is 0.0392. The topological polar surface area (TPSA) is 94.1 Å². The van der Waals surface area contributed by atoms with E-state index in [2.05, 4.69) is 25.2 Å². The van der Waals surface area contributed by atoms with Gasteiger partial charge >= 0.3 is 6.09 Å². The number of carboxylic acid groups (broad SMARTS) is 1. The van der Waals surface area contributed by atoms with E-state index < -0.39 is 6.09 Å². The van der Waals surface area contributed by atoms with Gasteiger partial charge in [0.05, 0.1) is 5.39 Å². The third-order valence-electron chi connectivity index (χ3n) is 3.46. The molecule has 1 saturated heterocycles. The van der Waals surface area contributed by atoms with Crippen molar-refractivity contribution < 1.29 is 9.90 Å². The van der Waals surface area contributed by atoms with Crippen molar-refractivity contribution in [3.8, 4) is 0 Å². The van der Waals surface area contributed by atoms with E-state index in [0.29, 0.717) is 0 Å². The summed E-state index contributed by atoms with van der Waals surface area (Å²) in [6.07, 6.45) is 4.04. The van der Waals surface area contributed by atoms with Gasteiger partial charge in [0.15, 0.2) is 0 Å². The van der Waals surface area contributed by atoms with Crippen molar-refractivity contribution >= 4 is 22.9 Å². The van der Waals surface area contributed by atoms with Crippen LogP contribution >= 0.6 is 0 Å². The fraction of sp³-hybridized carbons (Fsp3) is 0.417. The highest BCUT2D eigenvalue weighted by atomic mass is 16.4. The standard InChI is InChI=1S/C12H15N5O2/c18-12(19)16-8-2-5-17(6-3-8)11-9-1-4-13-10(9)14-7-15-11/h1,4,7-8,16H,2-3,5-6H2,(H,18,19)(H,13,14,15). The Bertz CT molecular complexity index is 589. The van der Waals surface area contributed by atoms with E-state index >= 15 is 0 Å². The summed E-state index contributed by atoms with van der Waals surface area (Å²) in [5, 5.41) is 12.3. The largest absolute Gasteiger partial charge is 0.465 e. The molecule has 3 rings (SSSR count). The molecule has 1 aliphatic rings. The molecule has 0 aliphatic carbocycles. The molecule has 0 radical (unpaired) electrons. The number of piperidine rings is 1. The molecule has 0 bridgehead atoms. The summed E-state index contributed by atoms with van der Waals surface area (Å²) in [6.45, 7) is 1.59. The second-order valence-electron chi connectivity index (χ2n) is 4.65. The monoisotopic (exact) mass is 261 g/mol. The molecule has 2 aromatic heterocycles. The second kappa shape index (κ2) is 4.75. The summed E-state index contributed by atoms with van der Waals surface area (Å²) in [5.41, 5.74) is 0.829. The molecule has 0 saturated carbocycles. The minimum atomic E-state index is -0.950. The lowest BCUT2D eigenvalue weighted by Gasteiger charge is -2.32. The second-order valence-corrected chi connectivity index (χ2v) is 4.65. The third-order valence-corrected chi connectivity index (χ3v) is 3.46. The number of anilines is 1. The smallest absolute Gasteiger partial charge is 0.404 e. The van der Waals surface area contributed by atoms with Crippen molar-refractivity contribution in [1.29, 1.82) is 0 Å². The highest BCUT2D eigenvalue weighted by molar-refractivity contribution is 5.87. The number of hydrogen-bond acceptors (Lipinski definition) is 4. The molecule has 1 amide bonds. The summed E-state index contributed by atoms with van der Waals surface area (Å²) in [5.74, 6) is 0.917. The maximum absolute atomic E-state index is 10.6. The van der Waals surface area contributed by atoms with Gasteiger partial charge in [-0.2, -0.15) is 0 Å². The number of H-pyrrole nitrogens is 1. The minimum Gasteiger partial charge on any atom is -0.465 e. The van der Waals surface area contributed by atoms with E-state index in [1.807, 2.05) is 12.3 Å². The molecule has 2 aromatic rings. The van der Waals surface area contributed by atoms with Crippen molar-refractivity contribution in [1.82, 2.24) is 20.3 Å². The zero-order chi connectivity index (χ0) is 13.2. The molecule has 0 spiro atoms. The summed E-state index contributed by atoms with van der Waals surface area (Å²) in [7, 11) is 0. The number of aromatic amines is 1. The Labute approximate surface area is 109 Å². The average Bonchev–Trinajstić information content (AvgIpc) is 2.87. The van der Waals surface area contributed by atoms with Crippen LogP contribution in [0.3, 0.4) is 0 Å². The number of amides is 1. The fourth-order valence-corrected chi connectivity index (χ4v) is 2.52. The predicted molar refractivity (Wildman–Crippen MR) is 70.3 cm³/mol. The Morgan fingerprint density at radius 2 is 2.21 bits per heavy atom. The van der Waals surface area contributed by atoms with E-state index in [9.17, 15) is 4.79 Å². The summed E-state index contributed by atoms with van der Waals surface area (Å²) < 4.78 is 0. The zero-order valence-electron chi connectivity index (χ0n) is 10.3. The highest BCUT2D eigenvalue weighted by Gasteiger charge is 2.22. The maximum atomic E-state index is 10.6. The highest BCUT2D eigenvalue weighted by Crippen LogP contribution is 2.24. The van der Waals surface area contributed by atoms with Gasteiger partial charge in [-0.1, -0.05) is 0 Å².